The molecule has 0 fully saturated rings. The number of carbonyl (C=O) groups excluding carboxylic acids is 1. The third-order valence-corrected chi connectivity index (χ3v) is 3.50. The summed E-state index contributed by atoms with van der Waals surface area (Å²) in [6.45, 7) is -0.316. The second-order valence-corrected chi connectivity index (χ2v) is 5.54. The van der Waals surface area contributed by atoms with Crippen LogP contribution in [0, 0.1) is 5.82 Å². The molecule has 0 saturated heterocycles. The van der Waals surface area contributed by atoms with E-state index in [1.54, 1.807) is 12.1 Å². The van der Waals surface area contributed by atoms with Gasteiger partial charge < -0.3 is 4.74 Å². The van der Waals surface area contributed by atoms with Gasteiger partial charge in [-0.15, -0.1) is 0 Å². The van der Waals surface area contributed by atoms with Crippen molar-refractivity contribution in [1.82, 2.24) is 5.43 Å². The van der Waals surface area contributed by atoms with E-state index >= 15 is 0 Å². The Morgan fingerprint density at radius 3 is 2.70 bits per heavy atom. The van der Waals surface area contributed by atoms with E-state index in [-0.39, 0.29) is 22.2 Å². The number of amides is 1. The van der Waals surface area contributed by atoms with Crippen molar-refractivity contribution in [2.75, 3.05) is 6.61 Å². The summed E-state index contributed by atoms with van der Waals surface area (Å²) in [4.78, 5) is 11.6. The van der Waals surface area contributed by atoms with Crippen LogP contribution in [-0.4, -0.2) is 18.7 Å². The molecule has 4 nitrogen and oxygen atoms in total. The van der Waals surface area contributed by atoms with Gasteiger partial charge in [0.25, 0.3) is 5.91 Å². The Kier molecular flexibility index (Phi) is 6.21. The van der Waals surface area contributed by atoms with Gasteiger partial charge in [-0.05, 0) is 30.3 Å². The number of halogens is 4. The van der Waals surface area contributed by atoms with Crippen LogP contribution in [0.2, 0.25) is 15.1 Å². The highest BCUT2D eigenvalue weighted by atomic mass is 35.5. The third-order valence-electron chi connectivity index (χ3n) is 2.64. The van der Waals surface area contributed by atoms with Crippen molar-refractivity contribution < 1.29 is 13.9 Å². The molecule has 0 aliphatic rings. The van der Waals surface area contributed by atoms with Crippen LogP contribution in [0.4, 0.5) is 4.39 Å². The average Bonchev–Trinajstić information content (AvgIpc) is 2.49. The SMILES string of the molecule is O=C(COc1ccc(Cl)cc1Cl)N/N=C/c1c(F)cccc1Cl. The van der Waals surface area contributed by atoms with Gasteiger partial charge in [-0.3, -0.25) is 4.79 Å². The monoisotopic (exact) mass is 374 g/mol. The van der Waals surface area contributed by atoms with E-state index in [0.29, 0.717) is 10.8 Å². The zero-order chi connectivity index (χ0) is 16.8. The molecule has 0 spiro atoms. The van der Waals surface area contributed by atoms with E-state index in [1.165, 1.54) is 24.3 Å². The molecule has 1 N–H and O–H groups in total. The first-order valence-corrected chi connectivity index (χ1v) is 7.44. The number of carbonyl (C=O) groups is 1. The summed E-state index contributed by atoms with van der Waals surface area (Å²) in [5.41, 5.74) is 2.28. The van der Waals surface area contributed by atoms with Crippen molar-refractivity contribution >= 4 is 46.9 Å². The zero-order valence-corrected chi connectivity index (χ0v) is 13.8. The highest BCUT2D eigenvalue weighted by Gasteiger charge is 2.07. The maximum Gasteiger partial charge on any atom is 0.277 e. The average molecular weight is 376 g/mol. The lowest BCUT2D eigenvalue weighted by molar-refractivity contribution is -0.123. The van der Waals surface area contributed by atoms with Crippen molar-refractivity contribution in [3.8, 4) is 5.75 Å². The van der Waals surface area contributed by atoms with Gasteiger partial charge in [0, 0.05) is 10.6 Å². The van der Waals surface area contributed by atoms with Crippen molar-refractivity contribution in [1.29, 1.82) is 0 Å². The molecule has 2 aromatic carbocycles. The van der Waals surface area contributed by atoms with Gasteiger partial charge in [0.1, 0.15) is 11.6 Å². The Hall–Kier alpha value is -1.82. The van der Waals surface area contributed by atoms with Crippen LogP contribution in [0.5, 0.6) is 5.75 Å². The van der Waals surface area contributed by atoms with Crippen LogP contribution in [0.25, 0.3) is 0 Å². The fourth-order valence-corrected chi connectivity index (χ4v) is 2.25. The first-order chi connectivity index (χ1) is 11.0. The molecule has 0 unspecified atom stereocenters. The number of hydrazone groups is 1. The topological polar surface area (TPSA) is 50.7 Å². The summed E-state index contributed by atoms with van der Waals surface area (Å²) in [6.07, 6.45) is 1.12. The summed E-state index contributed by atoms with van der Waals surface area (Å²) in [6, 6.07) is 8.84. The zero-order valence-electron chi connectivity index (χ0n) is 11.5. The summed E-state index contributed by atoms with van der Waals surface area (Å²) < 4.78 is 18.7. The molecular formula is C15H10Cl3FN2O2. The lowest BCUT2D eigenvalue weighted by Gasteiger charge is -2.07. The van der Waals surface area contributed by atoms with Crippen LogP contribution in [0.1, 0.15) is 5.56 Å². The molecule has 0 bridgehead atoms. The number of rotatable bonds is 5. The highest BCUT2D eigenvalue weighted by Crippen LogP contribution is 2.27. The molecular weight excluding hydrogens is 366 g/mol. The molecule has 1 amide bonds. The van der Waals surface area contributed by atoms with Gasteiger partial charge in [0.2, 0.25) is 0 Å². The number of hydrogen-bond donors (Lipinski definition) is 1. The number of ether oxygens (including phenoxy) is 1. The molecule has 8 heteroatoms. The first-order valence-electron chi connectivity index (χ1n) is 6.31. The smallest absolute Gasteiger partial charge is 0.277 e. The highest BCUT2D eigenvalue weighted by molar-refractivity contribution is 6.35. The van der Waals surface area contributed by atoms with Crippen molar-refractivity contribution in [3.63, 3.8) is 0 Å². The van der Waals surface area contributed by atoms with Gasteiger partial charge in [0.15, 0.2) is 6.61 Å². The summed E-state index contributed by atoms with van der Waals surface area (Å²) >= 11 is 17.5. The summed E-state index contributed by atoms with van der Waals surface area (Å²) in [5.74, 6) is -0.772. The quantitative estimate of drug-likeness (QED) is 0.625. The molecule has 2 rings (SSSR count). The van der Waals surface area contributed by atoms with Crippen molar-refractivity contribution in [2.24, 2.45) is 5.10 Å². The molecule has 2 aromatic rings. The largest absolute Gasteiger partial charge is 0.482 e. The summed E-state index contributed by atoms with van der Waals surface area (Å²) in [5, 5.41) is 4.56. The molecule has 0 heterocycles. The van der Waals surface area contributed by atoms with E-state index in [0.717, 1.165) is 6.21 Å². The molecule has 0 aliphatic heterocycles. The first kappa shape index (κ1) is 17.5. The molecule has 120 valence electrons. The molecule has 0 aliphatic carbocycles. The van der Waals surface area contributed by atoms with E-state index in [2.05, 4.69) is 10.5 Å². The third kappa shape index (κ3) is 5.10. The molecule has 0 radical (unpaired) electrons. The minimum Gasteiger partial charge on any atom is -0.482 e. The molecule has 23 heavy (non-hydrogen) atoms. The molecule has 0 atom stereocenters. The predicted octanol–water partition coefficient (Wildman–Crippen LogP) is 4.32. The van der Waals surface area contributed by atoms with E-state index in [1.807, 2.05) is 0 Å². The lowest BCUT2D eigenvalue weighted by Crippen LogP contribution is -2.24. The van der Waals surface area contributed by atoms with Crippen LogP contribution in [0.3, 0.4) is 0 Å². The van der Waals surface area contributed by atoms with Crippen LogP contribution in [-0.2, 0) is 4.79 Å². The Morgan fingerprint density at radius 2 is 2.00 bits per heavy atom. The van der Waals surface area contributed by atoms with E-state index in [4.69, 9.17) is 39.5 Å². The normalized spacial score (nSPS) is 10.8. The van der Waals surface area contributed by atoms with Gasteiger partial charge in [-0.2, -0.15) is 5.10 Å². The Bertz CT molecular complexity index is 733. The molecule has 0 aromatic heterocycles. The number of nitrogens with zero attached hydrogens (tertiary/aromatic N) is 1. The van der Waals surface area contributed by atoms with Gasteiger partial charge in [-0.25, -0.2) is 9.82 Å². The van der Waals surface area contributed by atoms with Crippen LogP contribution < -0.4 is 10.2 Å². The molecule has 0 saturated carbocycles. The van der Waals surface area contributed by atoms with E-state index < -0.39 is 11.7 Å². The minimum absolute atomic E-state index is 0.0798. The summed E-state index contributed by atoms with van der Waals surface area (Å²) in [7, 11) is 0. The Balaban J connectivity index is 1.89. The second kappa shape index (κ2) is 8.15. The standard InChI is InChI=1S/C15H10Cl3FN2O2/c16-9-4-5-14(12(18)6-9)23-8-15(22)21-20-7-10-11(17)2-1-3-13(10)19/h1-7H,8H2,(H,21,22)/b20-7+. The Morgan fingerprint density at radius 1 is 1.22 bits per heavy atom. The Labute approximate surface area is 146 Å². The fourth-order valence-electron chi connectivity index (χ4n) is 1.57. The second-order valence-electron chi connectivity index (χ2n) is 4.29. The number of nitrogens with one attached hydrogen (secondary N) is 1. The predicted molar refractivity (Wildman–Crippen MR) is 89.1 cm³/mol. The lowest BCUT2D eigenvalue weighted by atomic mass is 10.2. The number of benzene rings is 2. The van der Waals surface area contributed by atoms with Gasteiger partial charge in [0.05, 0.1) is 16.3 Å². The van der Waals surface area contributed by atoms with Crippen LogP contribution >= 0.6 is 34.8 Å². The van der Waals surface area contributed by atoms with Gasteiger partial charge >= 0.3 is 0 Å². The maximum atomic E-state index is 13.5. The van der Waals surface area contributed by atoms with Gasteiger partial charge in [-0.1, -0.05) is 40.9 Å². The van der Waals surface area contributed by atoms with E-state index in [9.17, 15) is 9.18 Å². The van der Waals surface area contributed by atoms with Crippen LogP contribution in [0.15, 0.2) is 41.5 Å². The van der Waals surface area contributed by atoms with Crippen molar-refractivity contribution in [3.05, 3.63) is 62.8 Å². The fraction of sp³-hybridized carbons (Fsp3) is 0.0667. The van der Waals surface area contributed by atoms with Crippen molar-refractivity contribution in [2.45, 2.75) is 0 Å². The minimum atomic E-state index is -0.542. The maximum absolute atomic E-state index is 13.5. The number of hydrogen-bond acceptors (Lipinski definition) is 3.